The van der Waals surface area contributed by atoms with Crippen molar-refractivity contribution in [2.24, 2.45) is 11.6 Å². The van der Waals surface area contributed by atoms with Gasteiger partial charge in [0.15, 0.2) is 0 Å². The van der Waals surface area contributed by atoms with Gasteiger partial charge in [-0.3, -0.25) is 19.8 Å². The molecule has 0 fully saturated rings. The third-order valence-corrected chi connectivity index (χ3v) is 1.41. The maximum Gasteiger partial charge on any atom is 0.323 e. The number of carbonyl (C=O) groups excluding carboxylic acids is 3. The summed E-state index contributed by atoms with van der Waals surface area (Å²) in [5, 5.41) is 2.31. The van der Waals surface area contributed by atoms with Crippen LogP contribution in [-0.2, 0) is 14.4 Å². The van der Waals surface area contributed by atoms with Crippen LogP contribution in [0.25, 0.3) is 0 Å². The molecule has 0 heterocycles. The Morgan fingerprint density at radius 2 is 1.71 bits per heavy atom. The third-order valence-electron chi connectivity index (χ3n) is 1.41. The Morgan fingerprint density at radius 1 is 1.21 bits per heavy atom. The molecule has 0 spiro atoms. The molecule has 0 aromatic rings. The Labute approximate surface area is 81.2 Å². The second kappa shape index (κ2) is 4.56. The fourth-order valence-electron chi connectivity index (χ4n) is 0.909. The molecule has 7 heteroatoms. The number of primary amides is 1. The average molecular weight is 202 g/mol. The molecule has 80 valence electrons. The first kappa shape index (κ1) is 12.4. The summed E-state index contributed by atoms with van der Waals surface area (Å²) in [7, 11) is 0. The van der Waals surface area contributed by atoms with E-state index < -0.39 is 23.3 Å². The highest BCUT2D eigenvalue weighted by Gasteiger charge is 2.25. The van der Waals surface area contributed by atoms with Gasteiger partial charge in [0.05, 0.1) is 0 Å². The number of hydrogen-bond acceptors (Lipinski definition) is 4. The first-order valence-corrected chi connectivity index (χ1v) is 3.90. The lowest BCUT2D eigenvalue weighted by atomic mass is 10.0. The minimum atomic E-state index is -0.970. The number of rotatable bonds is 3. The number of carbonyl (C=O) groups is 3. The Bertz CT molecular complexity index is 262. The van der Waals surface area contributed by atoms with E-state index in [9.17, 15) is 14.4 Å². The molecule has 0 rings (SSSR count). The smallest absolute Gasteiger partial charge is 0.323 e. The van der Waals surface area contributed by atoms with Gasteiger partial charge in [-0.05, 0) is 13.8 Å². The lowest BCUT2D eigenvalue weighted by Crippen LogP contribution is -2.52. The van der Waals surface area contributed by atoms with E-state index in [-0.39, 0.29) is 6.42 Å². The van der Waals surface area contributed by atoms with Crippen LogP contribution in [0.4, 0.5) is 0 Å². The molecule has 0 aromatic heterocycles. The molecule has 0 bridgehead atoms. The topological polar surface area (TPSA) is 127 Å². The van der Waals surface area contributed by atoms with Gasteiger partial charge in [-0.2, -0.15) is 0 Å². The number of nitrogens with one attached hydrogen (secondary N) is 2. The maximum atomic E-state index is 11.0. The van der Waals surface area contributed by atoms with Crippen LogP contribution in [0.1, 0.15) is 20.3 Å². The average Bonchev–Trinajstić information content (AvgIpc) is 1.99. The highest BCUT2D eigenvalue weighted by Crippen LogP contribution is 2.06. The van der Waals surface area contributed by atoms with Crippen LogP contribution in [0, 0.1) is 0 Å². The molecule has 0 aliphatic carbocycles. The largest absolute Gasteiger partial charge is 0.370 e. The van der Waals surface area contributed by atoms with Crippen LogP contribution in [-0.4, -0.2) is 23.3 Å². The second-order valence-electron chi connectivity index (χ2n) is 3.45. The van der Waals surface area contributed by atoms with Gasteiger partial charge >= 0.3 is 11.8 Å². The summed E-state index contributed by atoms with van der Waals surface area (Å²) in [6.07, 6.45) is -0.0589. The number of nitrogens with two attached hydrogens (primary N) is 2. The van der Waals surface area contributed by atoms with E-state index in [2.05, 4.69) is 5.32 Å². The van der Waals surface area contributed by atoms with Crippen molar-refractivity contribution in [1.82, 2.24) is 10.7 Å². The van der Waals surface area contributed by atoms with Crippen molar-refractivity contribution < 1.29 is 14.4 Å². The molecule has 6 N–H and O–H groups in total. The molecule has 0 aliphatic heterocycles. The van der Waals surface area contributed by atoms with Gasteiger partial charge in [0.2, 0.25) is 5.91 Å². The molecule has 3 amide bonds. The second-order valence-corrected chi connectivity index (χ2v) is 3.45. The molecule has 0 unspecified atom stereocenters. The summed E-state index contributed by atoms with van der Waals surface area (Å²) < 4.78 is 0. The van der Waals surface area contributed by atoms with Crippen LogP contribution in [0.2, 0.25) is 0 Å². The highest BCUT2D eigenvalue weighted by molar-refractivity contribution is 6.35. The Hall–Kier alpha value is -1.63. The van der Waals surface area contributed by atoms with E-state index in [1.165, 1.54) is 0 Å². The minimum Gasteiger partial charge on any atom is -0.370 e. The fourth-order valence-corrected chi connectivity index (χ4v) is 0.909. The fraction of sp³-hybridized carbons (Fsp3) is 0.571. The minimum absolute atomic E-state index is 0.0589. The van der Waals surface area contributed by atoms with Crippen molar-refractivity contribution in [2.45, 2.75) is 25.8 Å². The van der Waals surface area contributed by atoms with Crippen LogP contribution < -0.4 is 22.3 Å². The van der Waals surface area contributed by atoms with Gasteiger partial charge in [0.25, 0.3) is 0 Å². The van der Waals surface area contributed by atoms with Crippen molar-refractivity contribution in [3.63, 3.8) is 0 Å². The van der Waals surface area contributed by atoms with Crippen molar-refractivity contribution in [1.29, 1.82) is 0 Å². The molecule has 0 saturated carbocycles. The molecule has 0 aromatic carbocycles. The molecular formula is C7H14N4O3. The Balaban J connectivity index is 4.28. The van der Waals surface area contributed by atoms with Crippen molar-refractivity contribution in [3.8, 4) is 0 Å². The van der Waals surface area contributed by atoms with E-state index >= 15 is 0 Å². The van der Waals surface area contributed by atoms with Crippen LogP contribution >= 0.6 is 0 Å². The van der Waals surface area contributed by atoms with E-state index in [1.54, 1.807) is 19.3 Å². The molecule has 0 aliphatic rings. The predicted molar refractivity (Wildman–Crippen MR) is 48.4 cm³/mol. The molecular weight excluding hydrogens is 188 g/mol. The normalized spacial score (nSPS) is 10.5. The van der Waals surface area contributed by atoms with Gasteiger partial charge in [-0.15, -0.1) is 0 Å². The Kier molecular flexibility index (Phi) is 4.03. The first-order chi connectivity index (χ1) is 6.28. The lowest BCUT2D eigenvalue weighted by Gasteiger charge is -2.23. The van der Waals surface area contributed by atoms with Crippen LogP contribution in [0.5, 0.6) is 0 Å². The predicted octanol–water partition coefficient (Wildman–Crippen LogP) is -2.25. The van der Waals surface area contributed by atoms with E-state index in [1.807, 2.05) is 0 Å². The van der Waals surface area contributed by atoms with E-state index in [0.717, 1.165) is 0 Å². The molecule has 0 atom stereocenters. The van der Waals surface area contributed by atoms with Gasteiger partial charge in [-0.1, -0.05) is 0 Å². The monoisotopic (exact) mass is 202 g/mol. The van der Waals surface area contributed by atoms with E-state index in [4.69, 9.17) is 11.6 Å². The van der Waals surface area contributed by atoms with Crippen molar-refractivity contribution in [2.75, 3.05) is 0 Å². The quantitative estimate of drug-likeness (QED) is 0.178. The molecule has 0 radical (unpaired) electrons. The summed E-state index contributed by atoms with van der Waals surface area (Å²) in [5.41, 5.74) is 5.76. The van der Waals surface area contributed by atoms with E-state index in [0.29, 0.717) is 0 Å². The number of hydrogen-bond donors (Lipinski definition) is 4. The SMILES string of the molecule is CC(C)(CC(N)=O)NC(=O)C(=O)NN. The summed E-state index contributed by atoms with van der Waals surface area (Å²) in [6.45, 7) is 3.14. The summed E-state index contributed by atoms with van der Waals surface area (Å²) in [5.74, 6) is 2.30. The summed E-state index contributed by atoms with van der Waals surface area (Å²) >= 11 is 0. The van der Waals surface area contributed by atoms with Gasteiger partial charge in [-0.25, -0.2) is 5.84 Å². The van der Waals surface area contributed by atoms with Crippen molar-refractivity contribution in [3.05, 3.63) is 0 Å². The Morgan fingerprint density at radius 3 is 2.07 bits per heavy atom. The van der Waals surface area contributed by atoms with Gasteiger partial charge in [0, 0.05) is 12.0 Å². The van der Waals surface area contributed by atoms with Crippen LogP contribution in [0.15, 0.2) is 0 Å². The summed E-state index contributed by atoms with van der Waals surface area (Å²) in [4.78, 5) is 32.3. The first-order valence-electron chi connectivity index (χ1n) is 3.90. The highest BCUT2D eigenvalue weighted by atomic mass is 16.2. The zero-order chi connectivity index (χ0) is 11.4. The number of amides is 3. The standard InChI is InChI=1S/C7H14N4O3/c1-7(2,3-4(8)12)10-5(13)6(14)11-9/h3,9H2,1-2H3,(H2,8,12)(H,10,13)(H,11,14). The number of hydrazine groups is 1. The van der Waals surface area contributed by atoms with Crippen LogP contribution in [0.3, 0.4) is 0 Å². The summed E-state index contributed by atoms with van der Waals surface area (Å²) in [6, 6.07) is 0. The molecule has 14 heavy (non-hydrogen) atoms. The van der Waals surface area contributed by atoms with Gasteiger partial charge in [0.1, 0.15) is 0 Å². The lowest BCUT2D eigenvalue weighted by molar-refractivity contribution is -0.140. The molecule has 0 saturated heterocycles. The third kappa shape index (κ3) is 4.41. The maximum absolute atomic E-state index is 11.0. The zero-order valence-electron chi connectivity index (χ0n) is 8.09. The molecule has 7 nitrogen and oxygen atoms in total. The zero-order valence-corrected chi connectivity index (χ0v) is 8.09. The van der Waals surface area contributed by atoms with Gasteiger partial charge < -0.3 is 11.1 Å². The van der Waals surface area contributed by atoms with Crippen molar-refractivity contribution >= 4 is 17.7 Å².